The second kappa shape index (κ2) is 3.21. The summed E-state index contributed by atoms with van der Waals surface area (Å²) in [6.45, 7) is 0. The van der Waals surface area contributed by atoms with E-state index in [0.717, 1.165) is 0 Å². The average Bonchev–Trinajstić information content (AvgIpc) is 2.75. The van der Waals surface area contributed by atoms with Gasteiger partial charge in [0.1, 0.15) is 12.0 Å². The molecule has 0 bridgehead atoms. The predicted molar refractivity (Wildman–Crippen MR) is 47.5 cm³/mol. The topological polar surface area (TPSA) is 110 Å². The summed E-state index contributed by atoms with van der Waals surface area (Å²) in [5.41, 5.74) is 5.96. The van der Waals surface area contributed by atoms with Crippen molar-refractivity contribution < 1.29 is 9.32 Å². The highest BCUT2D eigenvalue weighted by molar-refractivity contribution is 6.05. The number of hydrogen-bond acceptors (Lipinski definition) is 5. The third-order valence-electron chi connectivity index (χ3n) is 1.58. The third kappa shape index (κ3) is 1.42. The van der Waals surface area contributed by atoms with Crippen molar-refractivity contribution in [2.45, 2.75) is 0 Å². The van der Waals surface area contributed by atoms with E-state index in [-0.39, 0.29) is 11.4 Å². The van der Waals surface area contributed by atoms with Gasteiger partial charge < -0.3 is 15.6 Å². The van der Waals surface area contributed by atoms with E-state index < -0.39 is 5.91 Å². The monoisotopic (exact) mass is 193 g/mol. The lowest BCUT2D eigenvalue weighted by molar-refractivity contribution is 0.102. The van der Waals surface area contributed by atoms with Crippen molar-refractivity contribution in [1.29, 1.82) is 0 Å². The fourth-order valence-electron chi connectivity index (χ4n) is 0.933. The molecule has 0 saturated heterocycles. The molecule has 0 aromatic carbocycles. The minimum Gasteiger partial charge on any atom is -0.396 e. The molecule has 2 rings (SSSR count). The molecule has 0 aliphatic rings. The van der Waals surface area contributed by atoms with Crippen molar-refractivity contribution in [3.8, 4) is 0 Å². The molecule has 0 saturated carbocycles. The minimum atomic E-state index is -0.408. The van der Waals surface area contributed by atoms with Crippen LogP contribution in [0.25, 0.3) is 0 Å². The fraction of sp³-hybridized carbons (Fsp3) is 0. The van der Waals surface area contributed by atoms with Crippen molar-refractivity contribution in [1.82, 2.24) is 15.4 Å². The van der Waals surface area contributed by atoms with Crippen LogP contribution in [0.3, 0.4) is 0 Å². The first-order chi connectivity index (χ1) is 6.77. The number of anilines is 2. The molecule has 0 unspecified atom stereocenters. The summed E-state index contributed by atoms with van der Waals surface area (Å²) in [5, 5.41) is 12.1. The van der Waals surface area contributed by atoms with Crippen LogP contribution < -0.4 is 11.1 Å². The van der Waals surface area contributed by atoms with Crippen LogP contribution in [0.15, 0.2) is 23.0 Å². The van der Waals surface area contributed by atoms with E-state index >= 15 is 0 Å². The van der Waals surface area contributed by atoms with Crippen LogP contribution >= 0.6 is 0 Å². The number of hydrogen-bond donors (Lipinski definition) is 3. The summed E-state index contributed by atoms with van der Waals surface area (Å²) in [6.07, 6.45) is 2.71. The molecular weight excluding hydrogens is 186 g/mol. The summed E-state index contributed by atoms with van der Waals surface area (Å²) >= 11 is 0. The Labute approximate surface area is 78.3 Å². The van der Waals surface area contributed by atoms with E-state index in [2.05, 4.69) is 25.2 Å². The van der Waals surface area contributed by atoms with Crippen molar-refractivity contribution >= 4 is 17.4 Å². The van der Waals surface area contributed by atoms with Gasteiger partial charge in [0.15, 0.2) is 5.82 Å². The summed E-state index contributed by atoms with van der Waals surface area (Å²) < 4.78 is 4.54. The zero-order chi connectivity index (χ0) is 9.97. The minimum absolute atomic E-state index is 0.202. The Bertz CT molecular complexity index is 433. The van der Waals surface area contributed by atoms with Crippen LogP contribution in [0.4, 0.5) is 11.5 Å². The molecule has 7 nitrogen and oxygen atoms in total. The highest BCUT2D eigenvalue weighted by Gasteiger charge is 2.12. The Balaban J connectivity index is 2.14. The zero-order valence-corrected chi connectivity index (χ0v) is 7.02. The van der Waals surface area contributed by atoms with E-state index in [1.165, 1.54) is 18.5 Å². The van der Waals surface area contributed by atoms with Gasteiger partial charge >= 0.3 is 0 Å². The van der Waals surface area contributed by atoms with Crippen LogP contribution in [-0.4, -0.2) is 21.3 Å². The average molecular weight is 193 g/mol. The summed E-state index contributed by atoms with van der Waals surface area (Å²) in [4.78, 5) is 11.4. The fourth-order valence-corrected chi connectivity index (χ4v) is 0.933. The molecule has 0 aliphatic heterocycles. The van der Waals surface area contributed by atoms with Crippen LogP contribution in [0, 0.1) is 0 Å². The van der Waals surface area contributed by atoms with E-state index in [4.69, 9.17) is 5.73 Å². The Hall–Kier alpha value is -2.31. The molecule has 7 heteroatoms. The quantitative estimate of drug-likeness (QED) is 0.632. The molecule has 1 amide bonds. The number of H-pyrrole nitrogens is 1. The predicted octanol–water partition coefficient (Wildman–Crippen LogP) is 0.232. The van der Waals surface area contributed by atoms with Crippen LogP contribution in [0.2, 0.25) is 0 Å². The molecule has 2 aromatic rings. The largest absolute Gasteiger partial charge is 0.396 e. The maximum absolute atomic E-state index is 11.4. The number of nitrogen functional groups attached to an aromatic ring is 1. The van der Waals surface area contributed by atoms with E-state index in [9.17, 15) is 4.79 Å². The second-order valence-corrected chi connectivity index (χ2v) is 2.54. The van der Waals surface area contributed by atoms with Gasteiger partial charge in [-0.05, 0) is 0 Å². The molecule has 14 heavy (non-hydrogen) atoms. The van der Waals surface area contributed by atoms with Crippen molar-refractivity contribution in [3.05, 3.63) is 24.2 Å². The van der Waals surface area contributed by atoms with Gasteiger partial charge in [-0.25, -0.2) is 0 Å². The summed E-state index contributed by atoms with van der Waals surface area (Å²) in [7, 11) is 0. The zero-order valence-electron chi connectivity index (χ0n) is 7.02. The molecule has 0 spiro atoms. The Morgan fingerprint density at radius 3 is 3.07 bits per heavy atom. The van der Waals surface area contributed by atoms with Crippen molar-refractivity contribution in [2.24, 2.45) is 0 Å². The lowest BCUT2D eigenvalue weighted by atomic mass is 10.3. The molecule has 2 aromatic heterocycles. The highest BCUT2D eigenvalue weighted by atomic mass is 16.5. The van der Waals surface area contributed by atoms with Crippen molar-refractivity contribution in [3.63, 3.8) is 0 Å². The van der Waals surface area contributed by atoms with E-state index in [1.807, 2.05) is 0 Å². The first-order valence-corrected chi connectivity index (χ1v) is 3.78. The molecule has 2 heterocycles. The van der Waals surface area contributed by atoms with Gasteiger partial charge in [0.05, 0.1) is 11.9 Å². The number of nitrogens with two attached hydrogens (primary N) is 1. The third-order valence-corrected chi connectivity index (χ3v) is 1.58. The molecule has 72 valence electrons. The maximum atomic E-state index is 11.4. The number of amides is 1. The number of carbonyl (C=O) groups excluding carboxylic acids is 1. The molecular formula is C7H7N5O2. The van der Waals surface area contributed by atoms with E-state index in [1.54, 1.807) is 0 Å². The first kappa shape index (κ1) is 8.30. The van der Waals surface area contributed by atoms with Gasteiger partial charge in [0, 0.05) is 6.07 Å². The Morgan fingerprint density at radius 2 is 2.50 bits per heavy atom. The molecule has 0 radical (unpaired) electrons. The molecule has 0 atom stereocenters. The first-order valence-electron chi connectivity index (χ1n) is 3.78. The standard InChI is InChI=1S/C7H7N5O2/c8-4-3-9-11-6(4)7(13)10-5-1-2-14-12-5/h1-3H,8H2,(H,9,11)(H,10,12,13). The second-order valence-electron chi connectivity index (χ2n) is 2.54. The van der Waals surface area contributed by atoms with Gasteiger partial charge in [-0.1, -0.05) is 5.16 Å². The van der Waals surface area contributed by atoms with Gasteiger partial charge in [0.25, 0.3) is 5.91 Å². The SMILES string of the molecule is Nc1cn[nH]c1C(=O)Nc1ccon1. The number of carbonyl (C=O) groups is 1. The normalized spacial score (nSPS) is 10.0. The highest BCUT2D eigenvalue weighted by Crippen LogP contribution is 2.09. The lowest BCUT2D eigenvalue weighted by Crippen LogP contribution is -2.14. The number of nitrogens with zero attached hydrogens (tertiary/aromatic N) is 2. The number of aromatic nitrogens is 3. The van der Waals surface area contributed by atoms with Gasteiger partial charge in [-0.15, -0.1) is 0 Å². The smallest absolute Gasteiger partial charge is 0.277 e. The van der Waals surface area contributed by atoms with Crippen LogP contribution in [0.5, 0.6) is 0 Å². The van der Waals surface area contributed by atoms with Crippen LogP contribution in [-0.2, 0) is 0 Å². The van der Waals surface area contributed by atoms with E-state index in [0.29, 0.717) is 5.82 Å². The Kier molecular flexibility index (Phi) is 1.90. The lowest BCUT2D eigenvalue weighted by Gasteiger charge is -1.98. The van der Waals surface area contributed by atoms with Gasteiger partial charge in [-0.3, -0.25) is 9.89 Å². The van der Waals surface area contributed by atoms with Crippen molar-refractivity contribution in [2.75, 3.05) is 11.1 Å². The maximum Gasteiger partial charge on any atom is 0.277 e. The van der Waals surface area contributed by atoms with Gasteiger partial charge in [-0.2, -0.15) is 5.10 Å². The summed E-state index contributed by atoms with van der Waals surface area (Å²) in [6, 6.07) is 1.52. The van der Waals surface area contributed by atoms with Gasteiger partial charge in [0.2, 0.25) is 0 Å². The molecule has 0 fully saturated rings. The summed E-state index contributed by atoms with van der Waals surface area (Å²) in [5.74, 6) is -0.0853. The number of aromatic amines is 1. The molecule has 0 aliphatic carbocycles. The number of rotatable bonds is 2. The van der Waals surface area contributed by atoms with Crippen LogP contribution in [0.1, 0.15) is 10.5 Å². The Morgan fingerprint density at radius 1 is 1.64 bits per heavy atom. The number of nitrogens with one attached hydrogen (secondary N) is 2. The molecule has 4 N–H and O–H groups in total.